The Kier molecular flexibility index (Phi) is 3.59. The van der Waals surface area contributed by atoms with Crippen molar-refractivity contribution in [3.05, 3.63) is 18.1 Å². The van der Waals surface area contributed by atoms with Gasteiger partial charge < -0.3 is 4.74 Å². The highest BCUT2D eigenvalue weighted by molar-refractivity contribution is 5.18. The first-order valence-corrected chi connectivity index (χ1v) is 6.73. The lowest BCUT2D eigenvalue weighted by molar-refractivity contribution is 0.128. The summed E-state index contributed by atoms with van der Waals surface area (Å²) in [6, 6.07) is 1.00. The molecule has 19 heavy (non-hydrogen) atoms. The van der Waals surface area contributed by atoms with Crippen molar-refractivity contribution in [1.29, 1.82) is 0 Å². The summed E-state index contributed by atoms with van der Waals surface area (Å²) in [7, 11) is 0. The van der Waals surface area contributed by atoms with Gasteiger partial charge >= 0.3 is 0 Å². The molecule has 0 aliphatic carbocycles. The number of fused-ring (bicyclic) bond motifs is 1. The van der Waals surface area contributed by atoms with Crippen LogP contribution >= 0.6 is 0 Å². The lowest BCUT2D eigenvalue weighted by Gasteiger charge is -2.23. The molecule has 0 aromatic carbocycles. The number of nitrogens with zero attached hydrogens (tertiary/aromatic N) is 3. The second-order valence-electron chi connectivity index (χ2n) is 5.12. The van der Waals surface area contributed by atoms with Gasteiger partial charge in [0, 0.05) is 24.5 Å². The van der Waals surface area contributed by atoms with Gasteiger partial charge in [-0.3, -0.25) is 4.90 Å². The highest BCUT2D eigenvalue weighted by atomic mass is 19.3. The predicted molar refractivity (Wildman–Crippen MR) is 65.2 cm³/mol. The van der Waals surface area contributed by atoms with Crippen molar-refractivity contribution >= 4 is 0 Å². The van der Waals surface area contributed by atoms with E-state index in [9.17, 15) is 8.78 Å². The Morgan fingerprint density at radius 3 is 2.95 bits per heavy atom. The van der Waals surface area contributed by atoms with Gasteiger partial charge in [-0.05, 0) is 32.2 Å². The number of rotatable bonds is 4. The van der Waals surface area contributed by atoms with Gasteiger partial charge in [0.15, 0.2) is 5.69 Å². The van der Waals surface area contributed by atoms with Crippen molar-refractivity contribution in [2.24, 2.45) is 0 Å². The van der Waals surface area contributed by atoms with E-state index in [-0.39, 0.29) is 11.6 Å². The van der Waals surface area contributed by atoms with Gasteiger partial charge in [0.2, 0.25) is 5.88 Å². The Morgan fingerprint density at radius 1 is 1.26 bits per heavy atom. The van der Waals surface area contributed by atoms with E-state index in [1.54, 1.807) is 0 Å². The molecule has 3 heterocycles. The monoisotopic (exact) mass is 269 g/mol. The van der Waals surface area contributed by atoms with Crippen LogP contribution in [0.2, 0.25) is 0 Å². The van der Waals surface area contributed by atoms with Crippen LogP contribution < -0.4 is 4.74 Å². The van der Waals surface area contributed by atoms with Crippen LogP contribution in [0.1, 0.15) is 37.8 Å². The highest BCUT2D eigenvalue weighted by Crippen LogP contribution is 2.33. The van der Waals surface area contributed by atoms with E-state index in [1.165, 1.54) is 31.7 Å². The zero-order valence-corrected chi connectivity index (χ0v) is 10.6. The smallest absolute Gasteiger partial charge is 0.285 e. The van der Waals surface area contributed by atoms with Crippen LogP contribution in [0.25, 0.3) is 0 Å². The number of alkyl halides is 2. The average Bonchev–Trinajstić information content (AvgIpc) is 3.00. The molecule has 104 valence electrons. The van der Waals surface area contributed by atoms with E-state index in [2.05, 4.69) is 14.9 Å². The van der Waals surface area contributed by atoms with Gasteiger partial charge in [-0.25, -0.2) is 18.7 Å². The van der Waals surface area contributed by atoms with Gasteiger partial charge in [0.1, 0.15) is 6.61 Å². The summed E-state index contributed by atoms with van der Waals surface area (Å²) in [5, 5.41) is 0. The molecule has 2 fully saturated rings. The Balaban J connectivity index is 1.63. The van der Waals surface area contributed by atoms with E-state index in [0.29, 0.717) is 18.7 Å². The minimum atomic E-state index is -2.65. The fraction of sp³-hybridized carbons (Fsp3) is 0.692. The molecule has 2 aliphatic rings. The van der Waals surface area contributed by atoms with Crippen molar-refractivity contribution in [2.45, 2.75) is 44.2 Å². The summed E-state index contributed by atoms with van der Waals surface area (Å²) in [4.78, 5) is 9.94. The number of halogens is 2. The van der Waals surface area contributed by atoms with E-state index < -0.39 is 6.43 Å². The van der Waals surface area contributed by atoms with E-state index in [4.69, 9.17) is 4.74 Å². The number of ether oxygens (including phenoxy) is 1. The fourth-order valence-corrected chi connectivity index (χ4v) is 3.15. The Morgan fingerprint density at radius 2 is 2.11 bits per heavy atom. The topological polar surface area (TPSA) is 38.3 Å². The minimum absolute atomic E-state index is 0.0276. The molecular formula is C13H17F2N3O. The maximum Gasteiger partial charge on any atom is 0.285 e. The van der Waals surface area contributed by atoms with E-state index in [0.717, 1.165) is 13.0 Å². The highest BCUT2D eigenvalue weighted by Gasteiger charge is 2.36. The van der Waals surface area contributed by atoms with E-state index >= 15 is 0 Å². The van der Waals surface area contributed by atoms with Gasteiger partial charge in [-0.1, -0.05) is 0 Å². The molecular weight excluding hydrogens is 252 g/mol. The third-order valence-corrected chi connectivity index (χ3v) is 4.04. The van der Waals surface area contributed by atoms with Crippen LogP contribution in [0.5, 0.6) is 5.88 Å². The predicted octanol–water partition coefficient (Wildman–Crippen LogP) is 2.42. The third kappa shape index (κ3) is 2.54. The van der Waals surface area contributed by atoms with Crippen LogP contribution in [-0.2, 0) is 0 Å². The fourth-order valence-electron chi connectivity index (χ4n) is 3.15. The number of aromatic nitrogens is 2. The Hall–Kier alpha value is -1.30. The van der Waals surface area contributed by atoms with Gasteiger partial charge in [-0.15, -0.1) is 0 Å². The molecule has 1 aromatic rings. The summed E-state index contributed by atoms with van der Waals surface area (Å²) >= 11 is 0. The summed E-state index contributed by atoms with van der Waals surface area (Å²) in [6.07, 6.45) is 4.75. The van der Waals surface area contributed by atoms with Gasteiger partial charge in [0.05, 0.1) is 0 Å². The molecule has 2 aliphatic heterocycles. The first-order valence-electron chi connectivity index (χ1n) is 6.73. The summed E-state index contributed by atoms with van der Waals surface area (Å²) < 4.78 is 31.0. The lowest BCUT2D eigenvalue weighted by atomic mass is 10.1. The molecule has 1 aromatic heterocycles. The molecule has 0 radical (unpaired) electrons. The van der Waals surface area contributed by atoms with Crippen molar-refractivity contribution < 1.29 is 13.5 Å². The van der Waals surface area contributed by atoms with Crippen molar-refractivity contribution in [3.8, 4) is 5.88 Å². The lowest BCUT2D eigenvalue weighted by Crippen LogP contribution is -2.35. The standard InChI is InChI=1S/C13H17F2N3O/c14-12(15)11-13(17-6-5-16-11)19-8-10-4-3-9-2-1-7-18(9)10/h5-6,9-10,12H,1-4,7-8H2. The van der Waals surface area contributed by atoms with Crippen LogP contribution in [0.4, 0.5) is 8.78 Å². The van der Waals surface area contributed by atoms with Crippen LogP contribution in [-0.4, -0.2) is 40.1 Å². The van der Waals surface area contributed by atoms with Crippen LogP contribution in [0.15, 0.2) is 12.4 Å². The molecule has 0 amide bonds. The maximum atomic E-state index is 12.8. The molecule has 2 saturated heterocycles. The zero-order valence-electron chi connectivity index (χ0n) is 10.6. The molecule has 0 spiro atoms. The summed E-state index contributed by atoms with van der Waals surface area (Å²) in [5.41, 5.74) is -0.363. The largest absolute Gasteiger partial charge is 0.475 e. The molecule has 0 bridgehead atoms. The molecule has 0 N–H and O–H groups in total. The third-order valence-electron chi connectivity index (χ3n) is 4.04. The Bertz CT molecular complexity index is 444. The van der Waals surface area contributed by atoms with Gasteiger partial charge in [-0.2, -0.15) is 0 Å². The zero-order chi connectivity index (χ0) is 13.2. The number of hydrogen-bond donors (Lipinski definition) is 0. The second kappa shape index (κ2) is 5.36. The molecule has 3 rings (SSSR count). The molecule has 0 saturated carbocycles. The average molecular weight is 269 g/mol. The summed E-state index contributed by atoms with van der Waals surface area (Å²) in [6.45, 7) is 1.52. The Labute approximate surface area is 110 Å². The van der Waals surface area contributed by atoms with Crippen LogP contribution in [0.3, 0.4) is 0 Å². The maximum absolute atomic E-state index is 12.8. The molecule has 4 nitrogen and oxygen atoms in total. The number of hydrogen-bond acceptors (Lipinski definition) is 4. The second-order valence-corrected chi connectivity index (χ2v) is 5.12. The SMILES string of the molecule is FC(F)c1nccnc1OCC1CCC2CCCN21. The van der Waals surface area contributed by atoms with E-state index in [1.807, 2.05) is 0 Å². The first kappa shape index (κ1) is 12.7. The van der Waals surface area contributed by atoms with Gasteiger partial charge in [0.25, 0.3) is 6.43 Å². The van der Waals surface area contributed by atoms with Crippen LogP contribution in [0, 0.1) is 0 Å². The molecule has 2 unspecified atom stereocenters. The van der Waals surface area contributed by atoms with Crippen molar-refractivity contribution in [3.63, 3.8) is 0 Å². The normalized spacial score (nSPS) is 26.9. The molecule has 2 atom stereocenters. The summed E-state index contributed by atoms with van der Waals surface area (Å²) in [5.74, 6) is -0.0276. The first-order chi connectivity index (χ1) is 9.25. The van der Waals surface area contributed by atoms with Crippen molar-refractivity contribution in [2.75, 3.05) is 13.2 Å². The molecule has 6 heteroatoms. The van der Waals surface area contributed by atoms with Crippen molar-refractivity contribution in [1.82, 2.24) is 14.9 Å². The minimum Gasteiger partial charge on any atom is -0.475 e. The quantitative estimate of drug-likeness (QED) is 0.841.